The highest BCUT2D eigenvalue weighted by molar-refractivity contribution is 8.00. The predicted molar refractivity (Wildman–Crippen MR) is 131 cm³/mol. The number of nitrogens with one attached hydrogen (secondary N) is 2. The van der Waals surface area contributed by atoms with Gasteiger partial charge in [0.2, 0.25) is 11.8 Å². The van der Waals surface area contributed by atoms with E-state index in [0.717, 1.165) is 10.6 Å². The standard InChI is InChI=1S/C24H27FN6O3S/c1-34-22-5-3-18-23(30-22)16(17(25)10-27-18)6-7-31-11-14(19(32)12-31)8-26-9-15-2-4-20-24(28-15)29-21(33)13-35-20/h2-5,10,14,19,26,32H,6-9,11-13H2,1H3,(H,28,29,33)/t14-,19-/m0/s1. The van der Waals surface area contributed by atoms with Crippen LogP contribution in [-0.2, 0) is 17.8 Å². The molecule has 5 heterocycles. The number of rotatable bonds is 8. The van der Waals surface area contributed by atoms with Crippen LogP contribution in [0.1, 0.15) is 11.3 Å². The zero-order valence-electron chi connectivity index (χ0n) is 19.3. The first-order chi connectivity index (χ1) is 17.0. The van der Waals surface area contributed by atoms with Crippen molar-refractivity contribution in [2.24, 2.45) is 5.92 Å². The van der Waals surface area contributed by atoms with Crippen LogP contribution in [0.15, 0.2) is 35.4 Å². The van der Waals surface area contributed by atoms with Crippen molar-refractivity contribution in [2.45, 2.75) is 24.0 Å². The number of carbonyl (C=O) groups is 1. The van der Waals surface area contributed by atoms with Gasteiger partial charge in [0.1, 0.15) is 11.6 Å². The van der Waals surface area contributed by atoms with Gasteiger partial charge in [-0.05, 0) is 24.6 Å². The van der Waals surface area contributed by atoms with E-state index < -0.39 is 6.10 Å². The zero-order valence-corrected chi connectivity index (χ0v) is 20.1. The third-order valence-corrected chi connectivity index (χ3v) is 7.40. The maximum Gasteiger partial charge on any atom is 0.235 e. The van der Waals surface area contributed by atoms with E-state index in [0.29, 0.717) is 73.2 Å². The number of β-amino-alcohol motifs (C(OH)–C–C–N with tert-alkyl or cyclic N) is 1. The Hall–Kier alpha value is -2.86. The van der Waals surface area contributed by atoms with Crippen LogP contribution in [0.2, 0.25) is 0 Å². The van der Waals surface area contributed by atoms with Gasteiger partial charge >= 0.3 is 0 Å². The fraction of sp³-hybridized carbons (Fsp3) is 0.417. The van der Waals surface area contributed by atoms with Crippen LogP contribution >= 0.6 is 11.8 Å². The number of likely N-dealkylation sites (tertiary alicyclic amines) is 1. The molecule has 184 valence electrons. The van der Waals surface area contributed by atoms with E-state index in [4.69, 9.17) is 4.74 Å². The number of anilines is 1. The summed E-state index contributed by atoms with van der Waals surface area (Å²) in [5.41, 5.74) is 2.47. The molecule has 11 heteroatoms. The van der Waals surface area contributed by atoms with E-state index in [1.807, 2.05) is 12.1 Å². The molecule has 1 fully saturated rings. The van der Waals surface area contributed by atoms with E-state index >= 15 is 0 Å². The van der Waals surface area contributed by atoms with Gasteiger partial charge in [-0.25, -0.2) is 14.4 Å². The SMILES string of the molecule is COc1ccc2ncc(F)c(CCN3C[C@H](CNCc4ccc5c(n4)NC(=O)CS5)[C@@H](O)C3)c2n1. The van der Waals surface area contributed by atoms with E-state index in [2.05, 4.69) is 30.5 Å². The maximum atomic E-state index is 14.6. The van der Waals surface area contributed by atoms with E-state index in [1.54, 1.807) is 12.1 Å². The summed E-state index contributed by atoms with van der Waals surface area (Å²) >= 11 is 1.49. The average Bonchev–Trinajstić information content (AvgIpc) is 3.21. The molecule has 35 heavy (non-hydrogen) atoms. The summed E-state index contributed by atoms with van der Waals surface area (Å²) in [5, 5.41) is 16.8. The van der Waals surface area contributed by atoms with Crippen molar-refractivity contribution in [2.75, 3.05) is 44.4 Å². The molecule has 2 atom stereocenters. The highest BCUT2D eigenvalue weighted by atomic mass is 32.2. The number of hydrogen-bond donors (Lipinski definition) is 3. The second kappa shape index (κ2) is 10.4. The highest BCUT2D eigenvalue weighted by Gasteiger charge is 2.31. The van der Waals surface area contributed by atoms with Gasteiger partial charge in [-0.3, -0.25) is 9.78 Å². The first-order valence-electron chi connectivity index (χ1n) is 11.5. The third-order valence-electron chi connectivity index (χ3n) is 6.35. The molecule has 0 aromatic carbocycles. The molecular weight excluding hydrogens is 471 g/mol. The molecule has 0 unspecified atom stereocenters. The molecular formula is C24H27FN6O3S. The minimum absolute atomic E-state index is 0.0381. The Morgan fingerprint density at radius 2 is 2.17 bits per heavy atom. The van der Waals surface area contributed by atoms with Gasteiger partial charge in [-0.1, -0.05) is 0 Å². The Bertz CT molecular complexity index is 1250. The van der Waals surface area contributed by atoms with Crippen LogP contribution < -0.4 is 15.4 Å². The van der Waals surface area contributed by atoms with Crippen LogP contribution in [0.3, 0.4) is 0 Å². The van der Waals surface area contributed by atoms with Crippen molar-refractivity contribution in [3.63, 3.8) is 0 Å². The van der Waals surface area contributed by atoms with Gasteiger partial charge in [0.05, 0.1) is 46.8 Å². The summed E-state index contributed by atoms with van der Waals surface area (Å²) < 4.78 is 19.8. The molecule has 0 aliphatic carbocycles. The van der Waals surface area contributed by atoms with Gasteiger partial charge in [-0.15, -0.1) is 11.8 Å². The fourth-order valence-corrected chi connectivity index (χ4v) is 5.27. The lowest BCUT2D eigenvalue weighted by Crippen LogP contribution is -2.30. The fourth-order valence-electron chi connectivity index (χ4n) is 4.51. The summed E-state index contributed by atoms with van der Waals surface area (Å²) in [6, 6.07) is 7.40. The number of aromatic nitrogens is 3. The summed E-state index contributed by atoms with van der Waals surface area (Å²) in [5.74, 6) is 1.08. The Morgan fingerprint density at radius 3 is 3.03 bits per heavy atom. The second-order valence-corrected chi connectivity index (χ2v) is 9.78. The van der Waals surface area contributed by atoms with Crippen LogP contribution in [0, 0.1) is 11.7 Å². The van der Waals surface area contributed by atoms with Crippen LogP contribution in [0.25, 0.3) is 11.0 Å². The van der Waals surface area contributed by atoms with Crippen molar-refractivity contribution in [1.82, 2.24) is 25.2 Å². The predicted octanol–water partition coefficient (Wildman–Crippen LogP) is 1.84. The van der Waals surface area contributed by atoms with Gasteiger partial charge in [0, 0.05) is 50.3 Å². The van der Waals surface area contributed by atoms with Gasteiger partial charge < -0.3 is 25.4 Å². The number of methoxy groups -OCH3 is 1. The normalized spacial score (nSPS) is 20.1. The molecule has 5 rings (SSSR count). The van der Waals surface area contributed by atoms with Gasteiger partial charge in [0.15, 0.2) is 0 Å². The van der Waals surface area contributed by atoms with Crippen LogP contribution in [-0.4, -0.2) is 76.0 Å². The lowest BCUT2D eigenvalue weighted by atomic mass is 10.1. The second-order valence-electron chi connectivity index (χ2n) is 8.76. The number of thioether (sulfide) groups is 1. The number of aliphatic hydroxyl groups is 1. The topological polar surface area (TPSA) is 112 Å². The zero-order chi connectivity index (χ0) is 24.4. The van der Waals surface area contributed by atoms with Gasteiger partial charge in [-0.2, -0.15) is 0 Å². The number of aliphatic hydroxyl groups excluding tert-OH is 1. The minimum atomic E-state index is -0.466. The first kappa shape index (κ1) is 23.9. The molecule has 0 bridgehead atoms. The first-order valence-corrected chi connectivity index (χ1v) is 12.5. The Kier molecular flexibility index (Phi) is 7.09. The maximum absolute atomic E-state index is 14.6. The monoisotopic (exact) mass is 498 g/mol. The minimum Gasteiger partial charge on any atom is -0.481 e. The molecule has 3 aromatic heterocycles. The smallest absolute Gasteiger partial charge is 0.235 e. The lowest BCUT2D eigenvalue weighted by molar-refractivity contribution is -0.113. The number of amides is 1. The molecule has 0 saturated carbocycles. The number of nitrogens with zero attached hydrogens (tertiary/aromatic N) is 4. The van der Waals surface area contributed by atoms with Gasteiger partial charge in [0.25, 0.3) is 0 Å². The molecule has 0 spiro atoms. The quantitative estimate of drug-likeness (QED) is 0.428. The molecule has 3 N–H and O–H groups in total. The average molecular weight is 499 g/mol. The molecule has 0 radical (unpaired) electrons. The van der Waals surface area contributed by atoms with Crippen molar-refractivity contribution in [1.29, 1.82) is 0 Å². The van der Waals surface area contributed by atoms with E-state index in [1.165, 1.54) is 25.1 Å². The highest BCUT2D eigenvalue weighted by Crippen LogP contribution is 2.29. The summed E-state index contributed by atoms with van der Waals surface area (Å²) in [6.07, 6.45) is 1.23. The van der Waals surface area contributed by atoms with Crippen molar-refractivity contribution in [3.8, 4) is 5.88 Å². The van der Waals surface area contributed by atoms with Crippen LogP contribution in [0.4, 0.5) is 10.2 Å². The number of ether oxygens (including phenoxy) is 1. The summed E-state index contributed by atoms with van der Waals surface area (Å²) in [4.78, 5) is 27.8. The number of carbonyl (C=O) groups excluding carboxylic acids is 1. The molecule has 9 nitrogen and oxygen atoms in total. The molecule has 2 aliphatic heterocycles. The molecule has 2 aliphatic rings. The van der Waals surface area contributed by atoms with Crippen molar-refractivity contribution in [3.05, 3.63) is 47.5 Å². The van der Waals surface area contributed by atoms with Crippen molar-refractivity contribution >= 4 is 34.5 Å². The van der Waals surface area contributed by atoms with E-state index in [9.17, 15) is 14.3 Å². The molecule has 3 aromatic rings. The number of halogens is 1. The molecule has 1 amide bonds. The molecule has 1 saturated heterocycles. The number of fused-ring (bicyclic) bond motifs is 2. The Morgan fingerprint density at radius 1 is 1.29 bits per heavy atom. The van der Waals surface area contributed by atoms with E-state index in [-0.39, 0.29) is 17.6 Å². The number of pyridine rings is 3. The third kappa shape index (κ3) is 5.37. The summed E-state index contributed by atoms with van der Waals surface area (Å²) in [7, 11) is 1.53. The Balaban J connectivity index is 1.15. The lowest BCUT2D eigenvalue weighted by Gasteiger charge is -2.18. The largest absolute Gasteiger partial charge is 0.481 e. The summed E-state index contributed by atoms with van der Waals surface area (Å²) in [6.45, 7) is 3.02. The van der Waals surface area contributed by atoms with Crippen LogP contribution in [0.5, 0.6) is 5.88 Å². The Labute approximate surface area is 206 Å². The number of hydrogen-bond acceptors (Lipinski definition) is 9. The van der Waals surface area contributed by atoms with Crippen molar-refractivity contribution < 1.29 is 19.0 Å².